The highest BCUT2D eigenvalue weighted by atomic mass is 16.5. The maximum Gasteiger partial charge on any atom is 0.236 e. The number of amides is 1. The molecule has 1 aromatic rings. The van der Waals surface area contributed by atoms with Gasteiger partial charge in [0.15, 0.2) is 0 Å². The van der Waals surface area contributed by atoms with Crippen LogP contribution in [0, 0.1) is 0 Å². The Morgan fingerprint density at radius 2 is 1.96 bits per heavy atom. The highest BCUT2D eigenvalue weighted by Crippen LogP contribution is 2.15. The van der Waals surface area contributed by atoms with Gasteiger partial charge in [0.1, 0.15) is 0 Å². The zero-order valence-corrected chi connectivity index (χ0v) is 14.5. The molecule has 1 N–H and O–H groups in total. The molecule has 2 aliphatic rings. The lowest BCUT2D eigenvalue weighted by Gasteiger charge is -2.38. The number of morpholine rings is 1. The van der Waals surface area contributed by atoms with E-state index >= 15 is 0 Å². The number of hydrogen-bond acceptors (Lipinski definition) is 6. The van der Waals surface area contributed by atoms with Crippen LogP contribution in [0.25, 0.3) is 0 Å². The monoisotopic (exact) mass is 333 g/mol. The lowest BCUT2D eigenvalue weighted by Crippen LogP contribution is -2.52. The molecule has 3 unspecified atom stereocenters. The van der Waals surface area contributed by atoms with E-state index in [0.717, 1.165) is 25.9 Å². The van der Waals surface area contributed by atoms with Crippen molar-refractivity contribution in [3.8, 4) is 0 Å². The Labute approximate surface area is 143 Å². The number of carbonyl (C=O) groups is 1. The molecule has 7 nitrogen and oxygen atoms in total. The van der Waals surface area contributed by atoms with E-state index in [9.17, 15) is 4.79 Å². The average Bonchev–Trinajstić information content (AvgIpc) is 2.55. The fraction of sp³-hybridized carbons (Fsp3) is 0.706. The summed E-state index contributed by atoms with van der Waals surface area (Å²) in [4.78, 5) is 25.2. The normalized spacial score (nSPS) is 28.6. The summed E-state index contributed by atoms with van der Waals surface area (Å²) in [5.74, 6) is 0.861. The Morgan fingerprint density at radius 1 is 1.25 bits per heavy atom. The Balaban J connectivity index is 1.50. The minimum absolute atomic E-state index is 0.115. The molecule has 1 amide bonds. The smallest absolute Gasteiger partial charge is 0.236 e. The molecule has 0 bridgehead atoms. The topological polar surface area (TPSA) is 70.6 Å². The van der Waals surface area contributed by atoms with Crippen molar-refractivity contribution in [1.82, 2.24) is 19.8 Å². The molecule has 0 aliphatic carbocycles. The molecule has 0 saturated carbocycles. The first kappa shape index (κ1) is 17.1. The second-order valence-corrected chi connectivity index (χ2v) is 6.85. The molecule has 0 radical (unpaired) electrons. The van der Waals surface area contributed by atoms with E-state index in [1.807, 2.05) is 18.7 Å². The van der Waals surface area contributed by atoms with Gasteiger partial charge in [0.2, 0.25) is 11.9 Å². The second-order valence-electron chi connectivity index (χ2n) is 6.85. The van der Waals surface area contributed by atoms with Gasteiger partial charge in [-0.05, 0) is 39.3 Å². The number of nitrogens with one attached hydrogen (secondary N) is 1. The molecular formula is C17H27N5O2. The lowest BCUT2D eigenvalue weighted by atomic mass is 10.1. The van der Waals surface area contributed by atoms with E-state index in [2.05, 4.69) is 20.2 Å². The largest absolute Gasteiger partial charge is 0.372 e. The van der Waals surface area contributed by atoms with Crippen molar-refractivity contribution in [3.63, 3.8) is 0 Å². The standard InChI is InChI=1S/C17H27N5O2/c1-13-9-22(10-14(2)24-13)16(23)12-21-8-3-5-15(11-21)20-17-18-6-4-7-19-17/h4,6-7,13-15H,3,5,8-12H2,1-2H3,(H,18,19,20). The maximum absolute atomic E-state index is 12.6. The molecule has 3 atom stereocenters. The van der Waals surface area contributed by atoms with Gasteiger partial charge in [0.05, 0.1) is 18.8 Å². The third-order valence-electron chi connectivity index (χ3n) is 4.54. The fourth-order valence-corrected chi connectivity index (χ4v) is 3.55. The van der Waals surface area contributed by atoms with Gasteiger partial charge in [-0.2, -0.15) is 0 Å². The van der Waals surface area contributed by atoms with Gasteiger partial charge in [-0.15, -0.1) is 0 Å². The molecule has 0 aromatic carbocycles. The van der Waals surface area contributed by atoms with Gasteiger partial charge in [0.25, 0.3) is 0 Å². The van der Waals surface area contributed by atoms with Crippen LogP contribution in [0.5, 0.6) is 0 Å². The molecule has 3 heterocycles. The molecule has 0 spiro atoms. The highest BCUT2D eigenvalue weighted by molar-refractivity contribution is 5.78. The summed E-state index contributed by atoms with van der Waals surface area (Å²) < 4.78 is 5.71. The first-order valence-electron chi connectivity index (χ1n) is 8.79. The average molecular weight is 333 g/mol. The van der Waals surface area contributed by atoms with Crippen molar-refractivity contribution in [3.05, 3.63) is 18.5 Å². The summed E-state index contributed by atoms with van der Waals surface area (Å²) in [7, 11) is 0. The van der Waals surface area contributed by atoms with Crippen LogP contribution in [-0.4, -0.2) is 76.6 Å². The molecule has 7 heteroatoms. The van der Waals surface area contributed by atoms with Crippen molar-refractivity contribution in [2.75, 3.05) is 38.0 Å². The van der Waals surface area contributed by atoms with Gasteiger partial charge in [-0.3, -0.25) is 9.69 Å². The second kappa shape index (κ2) is 7.90. The van der Waals surface area contributed by atoms with Gasteiger partial charge >= 0.3 is 0 Å². The van der Waals surface area contributed by atoms with E-state index in [0.29, 0.717) is 25.6 Å². The molecular weight excluding hydrogens is 306 g/mol. The quantitative estimate of drug-likeness (QED) is 0.886. The SMILES string of the molecule is CC1CN(C(=O)CN2CCCC(Nc3ncccn3)C2)CC(C)O1. The van der Waals surface area contributed by atoms with Crippen LogP contribution in [0.4, 0.5) is 5.95 Å². The molecule has 24 heavy (non-hydrogen) atoms. The number of rotatable bonds is 4. The van der Waals surface area contributed by atoms with Gasteiger partial charge in [-0.1, -0.05) is 0 Å². The van der Waals surface area contributed by atoms with Crippen LogP contribution in [0.1, 0.15) is 26.7 Å². The van der Waals surface area contributed by atoms with Crippen molar-refractivity contribution in [2.45, 2.75) is 44.9 Å². The third kappa shape index (κ3) is 4.64. The van der Waals surface area contributed by atoms with E-state index < -0.39 is 0 Å². The number of piperidine rings is 1. The van der Waals surface area contributed by atoms with Gasteiger partial charge in [0, 0.05) is 38.1 Å². The Morgan fingerprint density at radius 3 is 2.67 bits per heavy atom. The van der Waals surface area contributed by atoms with Crippen LogP contribution < -0.4 is 5.32 Å². The Bertz CT molecular complexity index is 531. The number of nitrogens with zero attached hydrogens (tertiary/aromatic N) is 4. The first-order chi connectivity index (χ1) is 11.6. The zero-order valence-electron chi connectivity index (χ0n) is 14.5. The molecule has 2 fully saturated rings. The minimum atomic E-state index is 0.115. The number of aromatic nitrogens is 2. The number of anilines is 1. The van der Waals surface area contributed by atoms with E-state index in [1.54, 1.807) is 18.5 Å². The summed E-state index contributed by atoms with van der Waals surface area (Å²) in [5, 5.41) is 3.37. The van der Waals surface area contributed by atoms with Crippen LogP contribution in [0.3, 0.4) is 0 Å². The predicted molar refractivity (Wildman–Crippen MR) is 91.7 cm³/mol. The summed E-state index contributed by atoms with van der Waals surface area (Å²) in [6.07, 6.45) is 5.86. The van der Waals surface area contributed by atoms with Crippen LogP contribution in [0.2, 0.25) is 0 Å². The van der Waals surface area contributed by atoms with E-state index in [4.69, 9.17) is 4.74 Å². The zero-order chi connectivity index (χ0) is 16.9. The predicted octanol–water partition coefficient (Wildman–Crippen LogP) is 0.989. The highest BCUT2D eigenvalue weighted by Gasteiger charge is 2.28. The fourth-order valence-electron chi connectivity index (χ4n) is 3.55. The number of carbonyl (C=O) groups excluding carboxylic acids is 1. The van der Waals surface area contributed by atoms with E-state index in [-0.39, 0.29) is 24.2 Å². The summed E-state index contributed by atoms with van der Waals surface area (Å²) in [5.41, 5.74) is 0. The Kier molecular flexibility index (Phi) is 5.63. The van der Waals surface area contributed by atoms with Crippen LogP contribution >= 0.6 is 0 Å². The maximum atomic E-state index is 12.6. The molecule has 2 saturated heterocycles. The van der Waals surface area contributed by atoms with Crippen molar-refractivity contribution < 1.29 is 9.53 Å². The lowest BCUT2D eigenvalue weighted by molar-refractivity contribution is -0.144. The van der Waals surface area contributed by atoms with Crippen LogP contribution in [-0.2, 0) is 9.53 Å². The molecule has 2 aliphatic heterocycles. The van der Waals surface area contributed by atoms with E-state index in [1.165, 1.54) is 0 Å². The third-order valence-corrected chi connectivity index (χ3v) is 4.54. The van der Waals surface area contributed by atoms with Crippen molar-refractivity contribution >= 4 is 11.9 Å². The molecule has 132 valence electrons. The Hall–Kier alpha value is -1.73. The summed E-state index contributed by atoms with van der Waals surface area (Å²) in [6, 6.07) is 2.10. The number of hydrogen-bond donors (Lipinski definition) is 1. The van der Waals surface area contributed by atoms with Crippen molar-refractivity contribution in [1.29, 1.82) is 0 Å². The number of ether oxygens (including phenoxy) is 1. The van der Waals surface area contributed by atoms with Crippen LogP contribution in [0.15, 0.2) is 18.5 Å². The molecule has 3 rings (SSSR count). The first-order valence-corrected chi connectivity index (χ1v) is 8.79. The van der Waals surface area contributed by atoms with Gasteiger partial charge in [-0.25, -0.2) is 9.97 Å². The van der Waals surface area contributed by atoms with Gasteiger partial charge < -0.3 is 15.0 Å². The minimum Gasteiger partial charge on any atom is -0.372 e. The number of likely N-dealkylation sites (tertiary alicyclic amines) is 1. The summed E-state index contributed by atoms with van der Waals surface area (Å²) >= 11 is 0. The molecule has 1 aromatic heterocycles. The van der Waals surface area contributed by atoms with Crippen molar-refractivity contribution in [2.24, 2.45) is 0 Å². The summed E-state index contributed by atoms with van der Waals surface area (Å²) in [6.45, 7) is 7.72.